The molecule has 26 heavy (non-hydrogen) atoms. The average molecular weight is 374 g/mol. The Morgan fingerprint density at radius 3 is 2.58 bits per heavy atom. The molecule has 0 bridgehead atoms. The number of carbonyl (C=O) groups is 1. The van der Waals surface area contributed by atoms with Crippen molar-refractivity contribution in [2.75, 3.05) is 13.7 Å². The number of halogens is 1. The summed E-state index contributed by atoms with van der Waals surface area (Å²) in [5, 5.41) is 0. The van der Waals surface area contributed by atoms with Crippen molar-refractivity contribution < 1.29 is 9.53 Å². The van der Waals surface area contributed by atoms with Crippen LogP contribution in [-0.2, 0) is 17.9 Å². The van der Waals surface area contributed by atoms with Gasteiger partial charge in [-0.25, -0.2) is 4.98 Å². The van der Waals surface area contributed by atoms with E-state index in [1.807, 2.05) is 55.5 Å². The number of amides is 1. The van der Waals surface area contributed by atoms with Gasteiger partial charge in [-0.1, -0.05) is 30.3 Å². The number of nitrogens with zero attached hydrogens (tertiary/aromatic N) is 3. The van der Waals surface area contributed by atoms with Crippen LogP contribution >= 0.6 is 12.4 Å². The van der Waals surface area contributed by atoms with E-state index in [9.17, 15) is 4.79 Å². The number of rotatable bonds is 6. The third kappa shape index (κ3) is 4.35. The topological polar surface area (TPSA) is 47.4 Å². The quantitative estimate of drug-likeness (QED) is 0.659. The zero-order valence-electron chi connectivity index (χ0n) is 15.3. The Labute approximate surface area is 160 Å². The summed E-state index contributed by atoms with van der Waals surface area (Å²) in [5.74, 6) is 1.79. The fraction of sp³-hybridized carbons (Fsp3) is 0.300. The van der Waals surface area contributed by atoms with Gasteiger partial charge in [0.05, 0.1) is 24.1 Å². The molecule has 0 unspecified atom stereocenters. The van der Waals surface area contributed by atoms with E-state index in [0.717, 1.165) is 28.2 Å². The van der Waals surface area contributed by atoms with E-state index in [4.69, 9.17) is 9.72 Å². The molecule has 5 nitrogen and oxygen atoms in total. The van der Waals surface area contributed by atoms with Crippen LogP contribution in [0.25, 0.3) is 11.0 Å². The van der Waals surface area contributed by atoms with E-state index < -0.39 is 0 Å². The molecule has 0 aliphatic rings. The molecular formula is C20H24ClN3O2. The number of para-hydroxylation sites is 3. The first-order chi connectivity index (χ1) is 12.1. The lowest BCUT2D eigenvalue weighted by atomic mass is 10.2. The van der Waals surface area contributed by atoms with Crippen molar-refractivity contribution in [2.45, 2.75) is 26.9 Å². The Kier molecular flexibility index (Phi) is 6.64. The van der Waals surface area contributed by atoms with Crippen LogP contribution in [0.5, 0.6) is 5.75 Å². The average Bonchev–Trinajstić information content (AvgIpc) is 2.94. The largest absolute Gasteiger partial charge is 0.491 e. The van der Waals surface area contributed by atoms with Crippen molar-refractivity contribution in [3.05, 3.63) is 59.9 Å². The van der Waals surface area contributed by atoms with Crippen LogP contribution in [-0.4, -0.2) is 34.0 Å². The molecule has 1 heterocycles. The molecule has 3 aromatic rings. The van der Waals surface area contributed by atoms with E-state index in [2.05, 4.69) is 4.57 Å². The number of hydrogen-bond donors (Lipinski definition) is 0. The second-order valence-corrected chi connectivity index (χ2v) is 6.16. The summed E-state index contributed by atoms with van der Waals surface area (Å²) in [6.07, 6.45) is 0. The van der Waals surface area contributed by atoms with Gasteiger partial charge in [0.15, 0.2) is 0 Å². The monoisotopic (exact) mass is 373 g/mol. The Balaban J connectivity index is 0.00000243. The van der Waals surface area contributed by atoms with Crippen LogP contribution in [0.4, 0.5) is 0 Å². The maximum absolute atomic E-state index is 11.6. The van der Waals surface area contributed by atoms with Crippen LogP contribution in [0, 0.1) is 6.92 Å². The number of carbonyl (C=O) groups excluding carboxylic acids is 1. The van der Waals surface area contributed by atoms with Crippen LogP contribution in [0.1, 0.15) is 18.3 Å². The van der Waals surface area contributed by atoms with Gasteiger partial charge in [0.25, 0.3) is 0 Å². The summed E-state index contributed by atoms with van der Waals surface area (Å²) >= 11 is 0. The van der Waals surface area contributed by atoms with Crippen molar-refractivity contribution >= 4 is 29.3 Å². The van der Waals surface area contributed by atoms with E-state index in [-0.39, 0.29) is 18.3 Å². The summed E-state index contributed by atoms with van der Waals surface area (Å²) < 4.78 is 8.07. The highest BCUT2D eigenvalue weighted by Gasteiger charge is 2.13. The van der Waals surface area contributed by atoms with Gasteiger partial charge in [-0.15, -0.1) is 12.4 Å². The summed E-state index contributed by atoms with van der Waals surface area (Å²) in [7, 11) is 1.79. The zero-order valence-corrected chi connectivity index (χ0v) is 16.1. The van der Waals surface area contributed by atoms with E-state index in [0.29, 0.717) is 19.7 Å². The van der Waals surface area contributed by atoms with Gasteiger partial charge >= 0.3 is 0 Å². The van der Waals surface area contributed by atoms with Crippen molar-refractivity contribution in [3.8, 4) is 5.75 Å². The molecule has 0 saturated heterocycles. The van der Waals surface area contributed by atoms with Gasteiger partial charge < -0.3 is 14.2 Å². The number of imidazole rings is 1. The molecule has 0 atom stereocenters. The number of hydrogen-bond acceptors (Lipinski definition) is 3. The number of ether oxygens (including phenoxy) is 1. The van der Waals surface area contributed by atoms with Crippen LogP contribution in [0.3, 0.4) is 0 Å². The summed E-state index contributed by atoms with van der Waals surface area (Å²) in [6.45, 7) is 5.30. The third-order valence-electron chi connectivity index (χ3n) is 4.32. The van der Waals surface area contributed by atoms with E-state index in [1.54, 1.807) is 18.9 Å². The first kappa shape index (κ1) is 19.8. The van der Waals surface area contributed by atoms with Gasteiger partial charge in [-0.05, 0) is 30.7 Å². The Morgan fingerprint density at radius 2 is 1.85 bits per heavy atom. The molecule has 1 aromatic heterocycles. The maximum atomic E-state index is 11.6. The Morgan fingerprint density at radius 1 is 1.15 bits per heavy atom. The number of aryl methyl sites for hydroxylation is 1. The van der Waals surface area contributed by atoms with Crippen LogP contribution in [0.2, 0.25) is 0 Å². The summed E-state index contributed by atoms with van der Waals surface area (Å²) in [4.78, 5) is 17.9. The minimum absolute atomic E-state index is 0. The Bertz CT molecular complexity index is 892. The molecule has 3 rings (SSSR count). The molecule has 0 radical (unpaired) electrons. The fourth-order valence-corrected chi connectivity index (χ4v) is 2.78. The summed E-state index contributed by atoms with van der Waals surface area (Å²) in [5.41, 5.74) is 3.11. The number of aromatic nitrogens is 2. The van der Waals surface area contributed by atoms with Crippen molar-refractivity contribution in [2.24, 2.45) is 0 Å². The molecule has 6 heteroatoms. The third-order valence-corrected chi connectivity index (χ3v) is 4.32. The SMILES string of the molecule is CC(=O)N(C)Cc1nc2ccccc2n1CCOc1ccccc1C.Cl. The number of fused-ring (bicyclic) bond motifs is 1. The molecule has 0 spiro atoms. The minimum Gasteiger partial charge on any atom is -0.491 e. The van der Waals surface area contributed by atoms with Gasteiger partial charge in [-0.2, -0.15) is 0 Å². The predicted octanol–water partition coefficient (Wildman–Crippen LogP) is 3.82. The highest BCUT2D eigenvalue weighted by Crippen LogP contribution is 2.19. The first-order valence-electron chi connectivity index (χ1n) is 8.40. The first-order valence-corrected chi connectivity index (χ1v) is 8.40. The number of benzene rings is 2. The summed E-state index contributed by atoms with van der Waals surface area (Å²) in [6, 6.07) is 16.0. The van der Waals surface area contributed by atoms with Crippen LogP contribution in [0.15, 0.2) is 48.5 Å². The molecule has 2 aromatic carbocycles. The van der Waals surface area contributed by atoms with Crippen LogP contribution < -0.4 is 4.74 Å². The lowest BCUT2D eigenvalue weighted by Crippen LogP contribution is -2.25. The van der Waals surface area contributed by atoms with Gasteiger partial charge in [0.1, 0.15) is 18.2 Å². The van der Waals surface area contributed by atoms with Crippen molar-refractivity contribution in [1.29, 1.82) is 0 Å². The van der Waals surface area contributed by atoms with Gasteiger partial charge in [-0.3, -0.25) is 4.79 Å². The molecule has 0 saturated carbocycles. The van der Waals surface area contributed by atoms with Crippen molar-refractivity contribution in [1.82, 2.24) is 14.5 Å². The zero-order chi connectivity index (χ0) is 17.8. The molecule has 0 aliphatic carbocycles. The normalized spacial score (nSPS) is 10.4. The smallest absolute Gasteiger partial charge is 0.219 e. The highest BCUT2D eigenvalue weighted by molar-refractivity contribution is 5.85. The van der Waals surface area contributed by atoms with Gasteiger partial charge in [0.2, 0.25) is 5.91 Å². The molecular weight excluding hydrogens is 350 g/mol. The predicted molar refractivity (Wildman–Crippen MR) is 106 cm³/mol. The fourth-order valence-electron chi connectivity index (χ4n) is 2.78. The minimum atomic E-state index is 0. The second kappa shape index (κ2) is 8.72. The molecule has 0 N–H and O–H groups in total. The second-order valence-electron chi connectivity index (χ2n) is 6.16. The highest BCUT2D eigenvalue weighted by atomic mass is 35.5. The molecule has 138 valence electrons. The van der Waals surface area contributed by atoms with Crippen molar-refractivity contribution in [3.63, 3.8) is 0 Å². The lowest BCUT2D eigenvalue weighted by Gasteiger charge is -2.16. The standard InChI is InChI=1S/C20H23N3O2.ClH/c1-15-8-4-7-11-19(15)25-13-12-23-18-10-6-5-9-17(18)21-20(23)14-22(3)16(2)24;/h4-11H,12-14H2,1-3H3;1H. The lowest BCUT2D eigenvalue weighted by molar-refractivity contribution is -0.128. The van der Waals surface area contributed by atoms with E-state index in [1.165, 1.54) is 0 Å². The maximum Gasteiger partial charge on any atom is 0.219 e. The molecule has 0 fully saturated rings. The van der Waals surface area contributed by atoms with E-state index >= 15 is 0 Å². The molecule has 0 aliphatic heterocycles. The van der Waals surface area contributed by atoms with Gasteiger partial charge in [0, 0.05) is 14.0 Å². The molecule has 1 amide bonds. The Hall–Kier alpha value is -2.53.